The molecular formula is C35H35BrN2O4S. The van der Waals surface area contributed by atoms with Gasteiger partial charge in [0.25, 0.3) is 5.91 Å². The molecule has 1 amide bonds. The van der Waals surface area contributed by atoms with E-state index in [-0.39, 0.29) is 13.0 Å². The molecular weight excluding hydrogens is 624 g/mol. The second-order valence-electron chi connectivity index (χ2n) is 11.5. The second kappa shape index (κ2) is 12.2. The van der Waals surface area contributed by atoms with Crippen LogP contribution < -0.4 is 9.62 Å². The molecule has 0 aromatic heterocycles. The van der Waals surface area contributed by atoms with Gasteiger partial charge in [0.15, 0.2) is 0 Å². The highest BCUT2D eigenvalue weighted by molar-refractivity contribution is 9.10. The third-order valence-electron chi connectivity index (χ3n) is 7.68. The Hall–Kier alpha value is -3.59. The fourth-order valence-corrected chi connectivity index (χ4v) is 7.02. The molecule has 43 heavy (non-hydrogen) atoms. The molecule has 2 atom stereocenters. The molecule has 4 aromatic carbocycles. The van der Waals surface area contributed by atoms with Crippen LogP contribution in [0.2, 0.25) is 0 Å². The van der Waals surface area contributed by atoms with Crippen LogP contribution in [-0.4, -0.2) is 27.4 Å². The topological polar surface area (TPSA) is 75.7 Å². The minimum atomic E-state index is -1.72. The fraction of sp³-hybridized carbons (Fsp3) is 0.257. The summed E-state index contributed by atoms with van der Waals surface area (Å²) in [5.41, 5.74) is 0.908. The number of amides is 1. The van der Waals surface area contributed by atoms with Crippen LogP contribution in [-0.2, 0) is 36.4 Å². The molecule has 1 N–H and O–H groups in total. The van der Waals surface area contributed by atoms with E-state index in [1.807, 2.05) is 130 Å². The number of halogens is 1. The number of carbonyl (C=O) groups is 2. The van der Waals surface area contributed by atoms with Crippen LogP contribution in [0.1, 0.15) is 56.4 Å². The number of nitrogens with one attached hydrogen (secondary N) is 1. The van der Waals surface area contributed by atoms with Crippen LogP contribution in [0, 0.1) is 0 Å². The molecule has 0 spiro atoms. The number of anilines is 1. The highest BCUT2D eigenvalue weighted by Crippen LogP contribution is 2.54. The fourth-order valence-electron chi connectivity index (χ4n) is 5.76. The van der Waals surface area contributed by atoms with E-state index < -0.39 is 38.7 Å². The van der Waals surface area contributed by atoms with Crippen molar-refractivity contribution < 1.29 is 18.5 Å². The summed E-state index contributed by atoms with van der Waals surface area (Å²) >= 11 is 3.59. The average Bonchev–Trinajstić information content (AvgIpc) is 3.22. The standard InChI is InChI=1S/C35H35BrN2O4S/c1-5-42-31(39)24-34(37-43(41)33(2,3)4)29-23-28(36)21-22-30(29)38(32(34)40)35(25-15-9-6-10-16-25,26-17-11-7-12-18-26)27-19-13-8-14-20-27/h6-23,37H,5,24H2,1-4H3/t34-,43+/m0/s1. The van der Waals surface area contributed by atoms with Gasteiger partial charge in [-0.15, -0.1) is 0 Å². The van der Waals surface area contributed by atoms with E-state index in [1.54, 1.807) is 11.8 Å². The van der Waals surface area contributed by atoms with Crippen molar-refractivity contribution in [2.24, 2.45) is 0 Å². The van der Waals surface area contributed by atoms with Crippen molar-refractivity contribution in [1.29, 1.82) is 0 Å². The average molecular weight is 660 g/mol. The molecule has 8 heteroatoms. The Kier molecular flexibility index (Phi) is 8.75. The molecule has 0 radical (unpaired) electrons. The highest BCUT2D eigenvalue weighted by Gasteiger charge is 2.60. The molecule has 1 heterocycles. The van der Waals surface area contributed by atoms with E-state index in [4.69, 9.17) is 4.74 Å². The van der Waals surface area contributed by atoms with Crippen molar-refractivity contribution in [3.05, 3.63) is 136 Å². The summed E-state index contributed by atoms with van der Waals surface area (Å²) in [6.45, 7) is 7.37. The lowest BCUT2D eigenvalue weighted by Gasteiger charge is -2.45. The Morgan fingerprint density at radius 2 is 1.35 bits per heavy atom. The lowest BCUT2D eigenvalue weighted by atomic mass is 9.75. The third kappa shape index (κ3) is 5.48. The number of nitrogens with zero attached hydrogens (tertiary/aromatic N) is 1. The van der Waals surface area contributed by atoms with E-state index in [9.17, 15) is 9.00 Å². The van der Waals surface area contributed by atoms with Gasteiger partial charge in [-0.2, -0.15) is 0 Å². The maximum atomic E-state index is 15.5. The molecule has 0 bridgehead atoms. The summed E-state index contributed by atoms with van der Waals surface area (Å²) in [7, 11) is -1.72. The predicted octanol–water partition coefficient (Wildman–Crippen LogP) is 6.99. The van der Waals surface area contributed by atoms with Crippen LogP contribution in [0.25, 0.3) is 0 Å². The third-order valence-corrected chi connectivity index (χ3v) is 9.81. The number of rotatable bonds is 9. The molecule has 1 aliphatic rings. The largest absolute Gasteiger partial charge is 0.466 e. The summed E-state index contributed by atoms with van der Waals surface area (Å²) < 4.78 is 22.4. The van der Waals surface area contributed by atoms with Gasteiger partial charge in [0.2, 0.25) is 0 Å². The summed E-state index contributed by atoms with van der Waals surface area (Å²) in [5.74, 6) is -0.963. The first kappa shape index (κ1) is 30.9. The van der Waals surface area contributed by atoms with Crippen molar-refractivity contribution >= 4 is 44.5 Å². The number of hydrogen-bond donors (Lipinski definition) is 1. The van der Waals surface area contributed by atoms with Crippen molar-refractivity contribution in [1.82, 2.24) is 4.72 Å². The first-order chi connectivity index (χ1) is 20.6. The zero-order valence-electron chi connectivity index (χ0n) is 24.7. The van der Waals surface area contributed by atoms with Gasteiger partial charge in [0.05, 0.1) is 34.4 Å². The van der Waals surface area contributed by atoms with Gasteiger partial charge in [0, 0.05) is 10.0 Å². The number of hydrogen-bond acceptors (Lipinski definition) is 4. The Balaban J connectivity index is 1.90. The van der Waals surface area contributed by atoms with Crippen LogP contribution in [0.3, 0.4) is 0 Å². The molecule has 4 aromatic rings. The maximum Gasteiger partial charge on any atom is 0.308 e. The summed E-state index contributed by atoms with van der Waals surface area (Å²) in [6.07, 6.45) is -0.337. The van der Waals surface area contributed by atoms with E-state index in [1.165, 1.54) is 0 Å². The predicted molar refractivity (Wildman–Crippen MR) is 175 cm³/mol. The quantitative estimate of drug-likeness (QED) is 0.155. The SMILES string of the molecule is CCOC(=O)C[C@@]1(N[S@](=O)C(C)(C)C)C(=O)N(C(c2ccccc2)(c2ccccc2)c2ccccc2)c2ccc(Br)cc21. The first-order valence-corrected chi connectivity index (χ1v) is 16.2. The van der Waals surface area contributed by atoms with Crippen molar-refractivity contribution in [2.45, 2.75) is 49.9 Å². The smallest absolute Gasteiger partial charge is 0.308 e. The van der Waals surface area contributed by atoms with Crippen molar-refractivity contribution in [2.75, 3.05) is 11.5 Å². The minimum absolute atomic E-state index is 0.155. The zero-order chi connectivity index (χ0) is 30.8. The van der Waals surface area contributed by atoms with Crippen LogP contribution in [0.4, 0.5) is 5.69 Å². The zero-order valence-corrected chi connectivity index (χ0v) is 27.1. The molecule has 1 aliphatic heterocycles. The van der Waals surface area contributed by atoms with Crippen LogP contribution >= 0.6 is 15.9 Å². The van der Waals surface area contributed by atoms with Crippen molar-refractivity contribution in [3.63, 3.8) is 0 Å². The summed E-state index contributed by atoms with van der Waals surface area (Å²) in [5, 5.41) is 0. The second-order valence-corrected chi connectivity index (χ2v) is 14.4. The number of esters is 1. The van der Waals surface area contributed by atoms with Gasteiger partial charge < -0.3 is 4.74 Å². The van der Waals surface area contributed by atoms with Gasteiger partial charge in [-0.1, -0.05) is 107 Å². The van der Waals surface area contributed by atoms with Crippen LogP contribution in [0.15, 0.2) is 114 Å². The van der Waals surface area contributed by atoms with E-state index in [0.29, 0.717) is 11.3 Å². The Bertz CT molecular complexity index is 1540. The van der Waals surface area contributed by atoms with Gasteiger partial charge in [0.1, 0.15) is 11.1 Å². The van der Waals surface area contributed by atoms with Gasteiger partial charge >= 0.3 is 5.97 Å². The normalized spacial score (nSPS) is 17.4. The van der Waals surface area contributed by atoms with E-state index >= 15 is 4.79 Å². The van der Waals surface area contributed by atoms with E-state index in [2.05, 4.69) is 20.7 Å². The maximum absolute atomic E-state index is 15.5. The monoisotopic (exact) mass is 658 g/mol. The molecule has 6 nitrogen and oxygen atoms in total. The Labute approximate surface area is 264 Å². The Morgan fingerprint density at radius 1 is 0.860 bits per heavy atom. The molecule has 222 valence electrons. The number of carbonyl (C=O) groups excluding carboxylic acids is 2. The molecule has 5 rings (SSSR count). The highest BCUT2D eigenvalue weighted by atomic mass is 79.9. The number of ether oxygens (including phenoxy) is 1. The summed E-state index contributed by atoms with van der Waals surface area (Å²) in [4.78, 5) is 30.5. The molecule has 0 unspecified atom stereocenters. The Morgan fingerprint density at radius 3 is 1.79 bits per heavy atom. The van der Waals surface area contributed by atoms with Crippen LogP contribution in [0.5, 0.6) is 0 Å². The first-order valence-electron chi connectivity index (χ1n) is 14.2. The van der Waals surface area contributed by atoms with Gasteiger partial charge in [-0.05, 0) is 62.6 Å². The van der Waals surface area contributed by atoms with E-state index in [0.717, 1.165) is 21.2 Å². The summed E-state index contributed by atoms with van der Waals surface area (Å²) in [6, 6.07) is 35.2. The van der Waals surface area contributed by atoms with Gasteiger partial charge in [-0.3, -0.25) is 14.5 Å². The molecule has 0 aliphatic carbocycles. The molecule has 0 saturated carbocycles. The molecule has 0 saturated heterocycles. The molecule has 0 fully saturated rings. The lowest BCUT2D eigenvalue weighted by Crippen LogP contribution is -2.59. The minimum Gasteiger partial charge on any atom is -0.466 e. The van der Waals surface area contributed by atoms with Gasteiger partial charge in [-0.25, -0.2) is 8.93 Å². The number of benzene rings is 4. The lowest BCUT2D eigenvalue weighted by molar-refractivity contribution is -0.147. The number of fused-ring (bicyclic) bond motifs is 1. The van der Waals surface area contributed by atoms with Crippen molar-refractivity contribution in [3.8, 4) is 0 Å².